The van der Waals surface area contributed by atoms with Gasteiger partial charge in [-0.15, -0.1) is 0 Å². The van der Waals surface area contributed by atoms with Gasteiger partial charge in [0.05, 0.1) is 0 Å². The van der Waals surface area contributed by atoms with Gasteiger partial charge in [0, 0.05) is 26.8 Å². The molecule has 5 heteroatoms. The largest absolute Gasteiger partial charge is 0.352 e. The van der Waals surface area contributed by atoms with Gasteiger partial charge in [0.2, 0.25) is 5.91 Å². The lowest BCUT2D eigenvalue weighted by Gasteiger charge is -2.42. The summed E-state index contributed by atoms with van der Waals surface area (Å²) in [5.41, 5.74) is 2.24. The summed E-state index contributed by atoms with van der Waals surface area (Å²) >= 11 is 7.00. The van der Waals surface area contributed by atoms with Crippen LogP contribution in [0.4, 0.5) is 0 Å². The van der Waals surface area contributed by atoms with Crippen LogP contribution < -0.4 is 10.6 Å². The van der Waals surface area contributed by atoms with Gasteiger partial charge in [-0.05, 0) is 55.3 Å². The average molecular weight is 480 g/mol. The highest BCUT2D eigenvalue weighted by atomic mass is 79.9. The first-order chi connectivity index (χ1) is 12.5. The minimum Gasteiger partial charge on any atom is -0.352 e. The zero-order chi connectivity index (χ0) is 18.6. The molecule has 3 nitrogen and oxygen atoms in total. The quantitative estimate of drug-likeness (QED) is 0.647. The average Bonchev–Trinajstić information content (AvgIpc) is 2.66. The Morgan fingerprint density at radius 1 is 1.12 bits per heavy atom. The number of amides is 1. The minimum absolute atomic E-state index is 0.0809. The number of benzene rings is 2. The predicted octanol–water partition coefficient (Wildman–Crippen LogP) is 4.79. The predicted molar refractivity (Wildman–Crippen MR) is 113 cm³/mol. The number of nitrogens with one attached hydrogen (secondary N) is 2. The number of carbonyl (C=O) groups is 1. The van der Waals surface area contributed by atoms with E-state index in [4.69, 9.17) is 0 Å². The van der Waals surface area contributed by atoms with E-state index < -0.39 is 0 Å². The molecule has 138 valence electrons. The molecule has 1 atom stereocenters. The Bertz CT molecular complexity index is 738. The van der Waals surface area contributed by atoms with Crippen molar-refractivity contribution in [3.05, 3.63) is 68.6 Å². The van der Waals surface area contributed by atoms with Crippen LogP contribution in [0.1, 0.15) is 30.9 Å². The maximum atomic E-state index is 13.0. The summed E-state index contributed by atoms with van der Waals surface area (Å²) in [7, 11) is 0. The lowest BCUT2D eigenvalue weighted by atomic mass is 9.65. The van der Waals surface area contributed by atoms with E-state index in [-0.39, 0.29) is 17.2 Å². The van der Waals surface area contributed by atoms with Gasteiger partial charge in [0.1, 0.15) is 0 Å². The first-order valence-electron chi connectivity index (χ1n) is 9.00. The standard InChI is InChI=1S/C21H24Br2N2O/c1-15(20(26)25-14-16-11-18(22)13-19(23)12-16)21(7-9-24-10-8-21)17-5-3-2-4-6-17/h2-6,11-13,15,24H,7-10,14H2,1H3,(H,25,26). The molecule has 1 aliphatic rings. The van der Waals surface area contributed by atoms with Gasteiger partial charge in [0.25, 0.3) is 0 Å². The fraction of sp³-hybridized carbons (Fsp3) is 0.381. The van der Waals surface area contributed by atoms with E-state index in [0.717, 1.165) is 40.4 Å². The van der Waals surface area contributed by atoms with E-state index in [9.17, 15) is 4.79 Å². The van der Waals surface area contributed by atoms with E-state index in [1.54, 1.807) is 0 Å². The molecule has 1 fully saturated rings. The van der Waals surface area contributed by atoms with E-state index >= 15 is 0 Å². The van der Waals surface area contributed by atoms with Crippen molar-refractivity contribution in [3.63, 3.8) is 0 Å². The Labute approximate surface area is 172 Å². The zero-order valence-corrected chi connectivity index (χ0v) is 18.1. The summed E-state index contributed by atoms with van der Waals surface area (Å²) < 4.78 is 2.01. The van der Waals surface area contributed by atoms with Crippen LogP contribution in [-0.2, 0) is 16.8 Å². The Balaban J connectivity index is 1.76. The summed E-state index contributed by atoms with van der Waals surface area (Å²) in [4.78, 5) is 13.0. The Hall–Kier alpha value is -1.17. The highest BCUT2D eigenvalue weighted by Gasteiger charge is 2.42. The molecule has 26 heavy (non-hydrogen) atoms. The van der Waals surface area contributed by atoms with Crippen molar-refractivity contribution < 1.29 is 4.79 Å². The third kappa shape index (κ3) is 4.38. The molecule has 0 radical (unpaired) electrons. The maximum Gasteiger partial charge on any atom is 0.223 e. The summed E-state index contributed by atoms with van der Waals surface area (Å²) in [5, 5.41) is 6.58. The molecule has 0 spiro atoms. The monoisotopic (exact) mass is 478 g/mol. The van der Waals surface area contributed by atoms with Crippen LogP contribution in [0.25, 0.3) is 0 Å². The molecule has 0 saturated carbocycles. The number of carbonyl (C=O) groups excluding carboxylic acids is 1. The fourth-order valence-corrected chi connectivity index (χ4v) is 5.31. The molecule has 0 aliphatic carbocycles. The van der Waals surface area contributed by atoms with Crippen molar-refractivity contribution in [2.24, 2.45) is 5.92 Å². The highest BCUT2D eigenvalue weighted by molar-refractivity contribution is 9.11. The van der Waals surface area contributed by atoms with Crippen molar-refractivity contribution in [3.8, 4) is 0 Å². The zero-order valence-electron chi connectivity index (χ0n) is 14.9. The summed E-state index contributed by atoms with van der Waals surface area (Å²) in [6.45, 7) is 4.50. The summed E-state index contributed by atoms with van der Waals surface area (Å²) in [6.07, 6.45) is 1.96. The van der Waals surface area contributed by atoms with Crippen molar-refractivity contribution in [1.82, 2.24) is 10.6 Å². The van der Waals surface area contributed by atoms with Gasteiger partial charge in [-0.1, -0.05) is 69.1 Å². The fourth-order valence-electron chi connectivity index (χ4n) is 3.92. The van der Waals surface area contributed by atoms with Crippen molar-refractivity contribution in [2.45, 2.75) is 31.7 Å². The van der Waals surface area contributed by atoms with Crippen LogP contribution in [0.3, 0.4) is 0 Å². The minimum atomic E-state index is -0.103. The molecule has 0 bridgehead atoms. The van der Waals surface area contributed by atoms with Crippen molar-refractivity contribution in [2.75, 3.05) is 13.1 Å². The Morgan fingerprint density at radius 2 is 1.73 bits per heavy atom. The molecule has 1 aliphatic heterocycles. The molecule has 2 aromatic carbocycles. The van der Waals surface area contributed by atoms with Crippen LogP contribution in [0, 0.1) is 5.92 Å². The first-order valence-corrected chi connectivity index (χ1v) is 10.6. The number of rotatable bonds is 5. The van der Waals surface area contributed by atoms with E-state index in [2.05, 4.69) is 73.7 Å². The van der Waals surface area contributed by atoms with Crippen molar-refractivity contribution >= 4 is 37.8 Å². The second-order valence-corrected chi connectivity index (χ2v) is 8.82. The Morgan fingerprint density at radius 3 is 2.35 bits per heavy atom. The molecule has 2 aromatic rings. The van der Waals surface area contributed by atoms with Gasteiger partial charge >= 0.3 is 0 Å². The maximum absolute atomic E-state index is 13.0. The third-order valence-corrected chi connectivity index (χ3v) is 6.37. The van der Waals surface area contributed by atoms with Gasteiger partial charge in [-0.25, -0.2) is 0 Å². The highest BCUT2D eigenvalue weighted by Crippen LogP contribution is 2.40. The normalized spacial score (nSPS) is 17.5. The van der Waals surface area contributed by atoms with Gasteiger partial charge < -0.3 is 10.6 Å². The first kappa shape index (κ1) is 19.6. The molecule has 1 unspecified atom stereocenters. The van der Waals surface area contributed by atoms with Crippen LogP contribution in [-0.4, -0.2) is 19.0 Å². The smallest absolute Gasteiger partial charge is 0.223 e. The van der Waals surface area contributed by atoms with E-state index in [1.807, 2.05) is 24.3 Å². The lowest BCUT2D eigenvalue weighted by Crippen LogP contribution is -2.49. The van der Waals surface area contributed by atoms with Crippen LogP contribution in [0.15, 0.2) is 57.5 Å². The molecular formula is C21H24Br2N2O. The molecular weight excluding hydrogens is 456 g/mol. The van der Waals surface area contributed by atoms with Gasteiger partial charge in [-0.3, -0.25) is 4.79 Å². The number of hydrogen-bond donors (Lipinski definition) is 2. The molecule has 1 saturated heterocycles. The topological polar surface area (TPSA) is 41.1 Å². The number of halogens is 2. The van der Waals surface area contributed by atoms with Gasteiger partial charge in [-0.2, -0.15) is 0 Å². The van der Waals surface area contributed by atoms with Crippen LogP contribution >= 0.6 is 31.9 Å². The molecule has 1 heterocycles. The third-order valence-electron chi connectivity index (χ3n) is 5.46. The van der Waals surface area contributed by atoms with E-state index in [0.29, 0.717) is 6.54 Å². The lowest BCUT2D eigenvalue weighted by molar-refractivity contribution is -0.127. The molecule has 3 rings (SSSR count). The van der Waals surface area contributed by atoms with Crippen LogP contribution in [0.5, 0.6) is 0 Å². The Kier molecular flexibility index (Phi) is 6.54. The van der Waals surface area contributed by atoms with E-state index in [1.165, 1.54) is 5.56 Å². The SMILES string of the molecule is CC(C(=O)NCc1cc(Br)cc(Br)c1)C1(c2ccccc2)CCNCC1. The van der Waals surface area contributed by atoms with Gasteiger partial charge in [0.15, 0.2) is 0 Å². The van der Waals surface area contributed by atoms with Crippen LogP contribution in [0.2, 0.25) is 0 Å². The molecule has 1 amide bonds. The second kappa shape index (κ2) is 8.68. The van der Waals surface area contributed by atoms with Crippen molar-refractivity contribution in [1.29, 1.82) is 0 Å². The summed E-state index contributed by atoms with van der Waals surface area (Å²) in [5.74, 6) is 0.0365. The number of piperidine rings is 1. The summed E-state index contributed by atoms with van der Waals surface area (Å²) in [6, 6.07) is 16.6. The molecule has 2 N–H and O–H groups in total. The second-order valence-electron chi connectivity index (χ2n) is 6.99. The molecule has 0 aromatic heterocycles. The number of hydrogen-bond acceptors (Lipinski definition) is 2.